The first-order valence-electron chi connectivity index (χ1n) is 5.92. The standard InChI is InChI=1S/C13H19BrN2/c1-16-7-5-11(6-8-16)10-15-13-4-2-3-12(14)9-13/h2-4,9,11,15H,5-8,10H2,1H3. The SMILES string of the molecule is CN1CCC(CNc2cccc(Br)c2)CC1. The Bertz CT molecular complexity index is 332. The summed E-state index contributed by atoms with van der Waals surface area (Å²) in [6, 6.07) is 8.39. The second kappa shape index (κ2) is 5.69. The van der Waals surface area contributed by atoms with Crippen molar-refractivity contribution in [3.8, 4) is 0 Å². The lowest BCUT2D eigenvalue weighted by molar-refractivity contribution is 0.226. The molecule has 1 saturated heterocycles. The number of anilines is 1. The van der Waals surface area contributed by atoms with Gasteiger partial charge in [0.05, 0.1) is 0 Å². The maximum Gasteiger partial charge on any atom is 0.0351 e. The van der Waals surface area contributed by atoms with E-state index >= 15 is 0 Å². The highest BCUT2D eigenvalue weighted by atomic mass is 79.9. The summed E-state index contributed by atoms with van der Waals surface area (Å²) in [5.41, 5.74) is 1.22. The lowest BCUT2D eigenvalue weighted by atomic mass is 9.97. The molecular weight excluding hydrogens is 264 g/mol. The van der Waals surface area contributed by atoms with E-state index in [-0.39, 0.29) is 0 Å². The van der Waals surface area contributed by atoms with Crippen LogP contribution in [0, 0.1) is 5.92 Å². The predicted octanol–water partition coefficient (Wildman–Crippen LogP) is 3.20. The molecule has 1 N–H and O–H groups in total. The molecule has 1 fully saturated rings. The Kier molecular flexibility index (Phi) is 4.24. The number of nitrogens with zero attached hydrogens (tertiary/aromatic N) is 1. The summed E-state index contributed by atoms with van der Waals surface area (Å²) < 4.78 is 1.14. The van der Waals surface area contributed by atoms with E-state index in [1.54, 1.807) is 0 Å². The average molecular weight is 283 g/mol. The van der Waals surface area contributed by atoms with E-state index in [2.05, 4.69) is 57.5 Å². The Morgan fingerprint density at radius 3 is 2.81 bits per heavy atom. The third kappa shape index (κ3) is 3.49. The maximum atomic E-state index is 3.52. The van der Waals surface area contributed by atoms with E-state index in [4.69, 9.17) is 0 Å². The molecule has 0 spiro atoms. The zero-order valence-corrected chi connectivity index (χ0v) is 11.3. The molecular formula is C13H19BrN2. The van der Waals surface area contributed by atoms with Crippen LogP contribution in [0.3, 0.4) is 0 Å². The summed E-state index contributed by atoms with van der Waals surface area (Å²) in [4.78, 5) is 2.41. The van der Waals surface area contributed by atoms with E-state index in [1.165, 1.54) is 31.6 Å². The highest BCUT2D eigenvalue weighted by molar-refractivity contribution is 9.10. The predicted molar refractivity (Wildman–Crippen MR) is 72.9 cm³/mol. The lowest BCUT2D eigenvalue weighted by Gasteiger charge is -2.29. The topological polar surface area (TPSA) is 15.3 Å². The molecule has 2 nitrogen and oxygen atoms in total. The second-order valence-electron chi connectivity index (χ2n) is 4.64. The molecule has 16 heavy (non-hydrogen) atoms. The Morgan fingerprint density at radius 1 is 1.38 bits per heavy atom. The molecule has 0 saturated carbocycles. The fraction of sp³-hybridized carbons (Fsp3) is 0.538. The highest BCUT2D eigenvalue weighted by Gasteiger charge is 2.15. The first-order chi connectivity index (χ1) is 7.74. The minimum Gasteiger partial charge on any atom is -0.385 e. The van der Waals surface area contributed by atoms with Crippen molar-refractivity contribution in [2.24, 2.45) is 5.92 Å². The monoisotopic (exact) mass is 282 g/mol. The summed E-state index contributed by atoms with van der Waals surface area (Å²) in [6.07, 6.45) is 2.63. The molecule has 1 heterocycles. The van der Waals surface area contributed by atoms with Crippen LogP contribution < -0.4 is 5.32 Å². The van der Waals surface area contributed by atoms with Crippen molar-refractivity contribution in [2.45, 2.75) is 12.8 Å². The maximum absolute atomic E-state index is 3.52. The van der Waals surface area contributed by atoms with Gasteiger partial charge in [-0.3, -0.25) is 0 Å². The van der Waals surface area contributed by atoms with Gasteiger partial charge in [-0.25, -0.2) is 0 Å². The van der Waals surface area contributed by atoms with Crippen molar-refractivity contribution >= 4 is 21.6 Å². The third-order valence-electron chi connectivity index (χ3n) is 3.26. The number of hydrogen-bond acceptors (Lipinski definition) is 2. The number of halogens is 1. The molecule has 88 valence electrons. The average Bonchev–Trinajstić information content (AvgIpc) is 2.28. The van der Waals surface area contributed by atoms with Gasteiger partial charge in [0.25, 0.3) is 0 Å². The zero-order chi connectivity index (χ0) is 11.4. The van der Waals surface area contributed by atoms with Gasteiger partial charge < -0.3 is 10.2 Å². The van der Waals surface area contributed by atoms with Crippen molar-refractivity contribution in [3.63, 3.8) is 0 Å². The van der Waals surface area contributed by atoms with E-state index < -0.39 is 0 Å². The minimum absolute atomic E-state index is 0.829. The van der Waals surface area contributed by atoms with Crippen molar-refractivity contribution in [1.29, 1.82) is 0 Å². The van der Waals surface area contributed by atoms with Crippen LogP contribution >= 0.6 is 15.9 Å². The Hall–Kier alpha value is -0.540. The summed E-state index contributed by atoms with van der Waals surface area (Å²) in [7, 11) is 2.21. The Labute approximate surface area is 106 Å². The van der Waals surface area contributed by atoms with Gasteiger partial charge in [0.1, 0.15) is 0 Å². The lowest BCUT2D eigenvalue weighted by Crippen LogP contribution is -2.32. The van der Waals surface area contributed by atoms with Crippen LogP contribution in [-0.2, 0) is 0 Å². The molecule has 3 heteroatoms. The highest BCUT2D eigenvalue weighted by Crippen LogP contribution is 2.19. The van der Waals surface area contributed by atoms with Gasteiger partial charge in [0.15, 0.2) is 0 Å². The van der Waals surface area contributed by atoms with Crippen LogP contribution in [0.25, 0.3) is 0 Å². The summed E-state index contributed by atoms with van der Waals surface area (Å²) in [6.45, 7) is 3.58. The number of nitrogens with one attached hydrogen (secondary N) is 1. The van der Waals surface area contributed by atoms with Crippen LogP contribution in [0.2, 0.25) is 0 Å². The zero-order valence-electron chi connectivity index (χ0n) is 9.75. The van der Waals surface area contributed by atoms with Crippen LogP contribution in [-0.4, -0.2) is 31.6 Å². The smallest absolute Gasteiger partial charge is 0.0351 e. The molecule has 0 amide bonds. The van der Waals surface area contributed by atoms with Crippen LogP contribution in [0.1, 0.15) is 12.8 Å². The normalized spacial score (nSPS) is 18.6. The molecule has 1 aliphatic rings. The van der Waals surface area contributed by atoms with Crippen LogP contribution in [0.15, 0.2) is 28.7 Å². The summed E-state index contributed by atoms with van der Waals surface area (Å²) >= 11 is 3.49. The molecule has 0 aliphatic carbocycles. The first-order valence-corrected chi connectivity index (χ1v) is 6.71. The van der Waals surface area contributed by atoms with Crippen molar-refractivity contribution in [3.05, 3.63) is 28.7 Å². The Morgan fingerprint density at radius 2 is 2.12 bits per heavy atom. The van der Waals surface area contributed by atoms with Gasteiger partial charge in [-0.2, -0.15) is 0 Å². The van der Waals surface area contributed by atoms with Crippen molar-refractivity contribution < 1.29 is 0 Å². The third-order valence-corrected chi connectivity index (χ3v) is 3.75. The van der Waals surface area contributed by atoms with Gasteiger partial charge in [-0.1, -0.05) is 22.0 Å². The van der Waals surface area contributed by atoms with Crippen LogP contribution in [0.5, 0.6) is 0 Å². The van der Waals surface area contributed by atoms with E-state index in [9.17, 15) is 0 Å². The van der Waals surface area contributed by atoms with Crippen LogP contribution in [0.4, 0.5) is 5.69 Å². The van der Waals surface area contributed by atoms with Gasteiger partial charge >= 0.3 is 0 Å². The number of piperidine rings is 1. The number of hydrogen-bond donors (Lipinski definition) is 1. The van der Waals surface area contributed by atoms with E-state index in [1.807, 2.05) is 0 Å². The summed E-state index contributed by atoms with van der Waals surface area (Å²) in [5, 5.41) is 3.52. The molecule has 1 aliphatic heterocycles. The molecule has 1 aromatic rings. The van der Waals surface area contributed by atoms with Crippen molar-refractivity contribution in [1.82, 2.24) is 4.90 Å². The van der Waals surface area contributed by atoms with Gasteiger partial charge in [0, 0.05) is 16.7 Å². The fourth-order valence-electron chi connectivity index (χ4n) is 2.13. The fourth-order valence-corrected chi connectivity index (χ4v) is 2.53. The summed E-state index contributed by atoms with van der Waals surface area (Å²) in [5.74, 6) is 0.829. The molecule has 0 unspecified atom stereocenters. The number of rotatable bonds is 3. The largest absolute Gasteiger partial charge is 0.385 e. The molecule has 0 bridgehead atoms. The molecule has 0 aromatic heterocycles. The molecule has 1 aromatic carbocycles. The van der Waals surface area contributed by atoms with Gasteiger partial charge in [-0.05, 0) is 57.1 Å². The first kappa shape index (κ1) is 11.9. The number of benzene rings is 1. The minimum atomic E-state index is 0.829. The molecule has 2 rings (SSSR count). The van der Waals surface area contributed by atoms with Crippen molar-refractivity contribution in [2.75, 3.05) is 32.0 Å². The van der Waals surface area contributed by atoms with Gasteiger partial charge in [0.2, 0.25) is 0 Å². The quantitative estimate of drug-likeness (QED) is 0.916. The van der Waals surface area contributed by atoms with E-state index in [0.717, 1.165) is 16.9 Å². The molecule has 0 radical (unpaired) electrons. The second-order valence-corrected chi connectivity index (χ2v) is 5.55. The number of likely N-dealkylation sites (tertiary alicyclic amines) is 1. The Balaban J connectivity index is 1.79. The van der Waals surface area contributed by atoms with E-state index in [0.29, 0.717) is 0 Å². The van der Waals surface area contributed by atoms with Gasteiger partial charge in [-0.15, -0.1) is 0 Å². The molecule has 0 atom stereocenters.